The molecule has 0 radical (unpaired) electrons. The van der Waals surface area contributed by atoms with E-state index in [4.69, 9.17) is 24.1 Å². The Morgan fingerprint density at radius 2 is 1.55 bits per heavy atom. The number of rotatable bonds is 7. The van der Waals surface area contributed by atoms with Crippen molar-refractivity contribution in [2.24, 2.45) is 0 Å². The van der Waals surface area contributed by atoms with E-state index in [0.717, 1.165) is 0 Å². The van der Waals surface area contributed by atoms with Crippen LogP contribution in [-0.2, 0) is 0 Å². The number of hydrogen-bond donors (Lipinski definition) is 1. The molecule has 0 unspecified atom stereocenters. The van der Waals surface area contributed by atoms with Crippen molar-refractivity contribution in [3.05, 3.63) is 48.0 Å². The van der Waals surface area contributed by atoms with Gasteiger partial charge in [0.2, 0.25) is 6.79 Å². The van der Waals surface area contributed by atoms with Crippen molar-refractivity contribution >= 4 is 5.97 Å². The molecule has 0 bridgehead atoms. The average molecular weight is 304 g/mol. The monoisotopic (exact) mass is 304 g/mol. The lowest BCUT2D eigenvalue weighted by atomic mass is 10.2. The largest absolute Gasteiger partial charge is 0.496 e. The second kappa shape index (κ2) is 7.21. The Morgan fingerprint density at radius 3 is 2.14 bits per heavy atom. The van der Waals surface area contributed by atoms with E-state index in [1.807, 2.05) is 0 Å². The fourth-order valence-electron chi connectivity index (χ4n) is 1.79. The topological polar surface area (TPSA) is 74.2 Å². The first kappa shape index (κ1) is 15.5. The van der Waals surface area contributed by atoms with Crippen LogP contribution < -0.4 is 18.9 Å². The molecule has 0 aliphatic carbocycles. The highest BCUT2D eigenvalue weighted by Gasteiger charge is 2.10. The van der Waals surface area contributed by atoms with E-state index in [0.29, 0.717) is 17.2 Å². The molecule has 0 aliphatic rings. The van der Waals surface area contributed by atoms with Crippen molar-refractivity contribution in [2.45, 2.75) is 0 Å². The van der Waals surface area contributed by atoms with Gasteiger partial charge in [-0.1, -0.05) is 12.1 Å². The first-order valence-corrected chi connectivity index (χ1v) is 6.45. The van der Waals surface area contributed by atoms with Gasteiger partial charge >= 0.3 is 5.97 Å². The van der Waals surface area contributed by atoms with Crippen molar-refractivity contribution in [3.63, 3.8) is 0 Å². The van der Waals surface area contributed by atoms with E-state index < -0.39 is 5.97 Å². The Bertz CT molecular complexity index is 631. The van der Waals surface area contributed by atoms with Crippen LogP contribution in [0.1, 0.15) is 10.4 Å². The summed E-state index contributed by atoms with van der Waals surface area (Å²) >= 11 is 0. The van der Waals surface area contributed by atoms with Gasteiger partial charge in [-0.2, -0.15) is 0 Å². The van der Waals surface area contributed by atoms with E-state index in [-0.39, 0.29) is 18.1 Å². The molecule has 22 heavy (non-hydrogen) atoms. The zero-order valence-corrected chi connectivity index (χ0v) is 12.2. The molecule has 0 saturated heterocycles. The highest BCUT2D eigenvalue weighted by Crippen LogP contribution is 2.27. The minimum Gasteiger partial charge on any atom is -0.496 e. The summed E-state index contributed by atoms with van der Waals surface area (Å²) in [6.07, 6.45) is 0. The zero-order chi connectivity index (χ0) is 15.9. The van der Waals surface area contributed by atoms with Crippen molar-refractivity contribution in [2.75, 3.05) is 21.0 Å². The van der Waals surface area contributed by atoms with Crippen molar-refractivity contribution in [1.82, 2.24) is 0 Å². The molecule has 2 aromatic rings. The molecule has 0 fully saturated rings. The fraction of sp³-hybridized carbons (Fsp3) is 0.188. The predicted octanol–water partition coefficient (Wildman–Crippen LogP) is 2.82. The van der Waals surface area contributed by atoms with E-state index in [1.54, 1.807) is 36.4 Å². The third-order valence-electron chi connectivity index (χ3n) is 2.88. The summed E-state index contributed by atoms with van der Waals surface area (Å²) in [7, 11) is 3.08. The second-order valence-corrected chi connectivity index (χ2v) is 4.26. The molecule has 2 aromatic carbocycles. The third-order valence-corrected chi connectivity index (χ3v) is 2.88. The maximum atomic E-state index is 11.1. The summed E-state index contributed by atoms with van der Waals surface area (Å²) in [5, 5.41) is 9.06. The molecule has 0 aliphatic heterocycles. The predicted molar refractivity (Wildman–Crippen MR) is 79.1 cm³/mol. The van der Waals surface area contributed by atoms with Gasteiger partial charge in [0.05, 0.1) is 14.2 Å². The normalized spacial score (nSPS) is 9.91. The summed E-state index contributed by atoms with van der Waals surface area (Å²) < 4.78 is 21.1. The summed E-state index contributed by atoms with van der Waals surface area (Å²) in [4.78, 5) is 11.1. The summed E-state index contributed by atoms with van der Waals surface area (Å²) in [6, 6.07) is 11.4. The van der Waals surface area contributed by atoms with Crippen molar-refractivity contribution < 1.29 is 28.8 Å². The van der Waals surface area contributed by atoms with Crippen LogP contribution in [0.4, 0.5) is 0 Å². The molecule has 6 heteroatoms. The molecule has 6 nitrogen and oxygen atoms in total. The molecule has 0 spiro atoms. The van der Waals surface area contributed by atoms with Crippen LogP contribution in [0.15, 0.2) is 42.5 Å². The average Bonchev–Trinajstić information content (AvgIpc) is 2.54. The number of para-hydroxylation sites is 1. The van der Waals surface area contributed by atoms with Gasteiger partial charge in [0.25, 0.3) is 0 Å². The number of methoxy groups -OCH3 is 2. The van der Waals surface area contributed by atoms with Gasteiger partial charge < -0.3 is 24.1 Å². The first-order chi connectivity index (χ1) is 10.6. The van der Waals surface area contributed by atoms with Crippen LogP contribution in [0.3, 0.4) is 0 Å². The lowest BCUT2D eigenvalue weighted by Gasteiger charge is -2.12. The van der Waals surface area contributed by atoms with Gasteiger partial charge in [-0.05, 0) is 12.1 Å². The van der Waals surface area contributed by atoms with Gasteiger partial charge in [-0.15, -0.1) is 0 Å². The number of carboxylic acid groups (broad SMARTS) is 1. The highest BCUT2D eigenvalue weighted by molar-refractivity contribution is 5.90. The molecular weight excluding hydrogens is 288 g/mol. The number of ether oxygens (including phenoxy) is 4. The summed E-state index contributed by atoms with van der Waals surface area (Å²) in [6.45, 7) is -0.138. The molecule has 116 valence electrons. The number of carbonyl (C=O) groups is 1. The van der Waals surface area contributed by atoms with Crippen molar-refractivity contribution in [1.29, 1.82) is 0 Å². The fourth-order valence-corrected chi connectivity index (χ4v) is 1.79. The van der Waals surface area contributed by atoms with E-state index >= 15 is 0 Å². The van der Waals surface area contributed by atoms with Crippen LogP contribution in [0.5, 0.6) is 23.0 Å². The number of aromatic carboxylic acids is 1. The maximum absolute atomic E-state index is 11.1. The Balaban J connectivity index is 2.04. The highest BCUT2D eigenvalue weighted by atomic mass is 16.7. The quantitative estimate of drug-likeness (QED) is 0.793. The Hall–Kier alpha value is -2.89. The molecule has 0 amide bonds. The second-order valence-electron chi connectivity index (χ2n) is 4.26. The standard InChI is InChI=1S/C16H16O6/c1-19-11-7-12(20-2)9-13(8-11)21-10-22-15-6-4-3-5-14(15)16(17)18/h3-9H,10H2,1-2H3,(H,17,18). The minimum atomic E-state index is -1.06. The van der Waals surface area contributed by atoms with Gasteiger partial charge in [0.1, 0.15) is 28.6 Å². The van der Waals surface area contributed by atoms with Gasteiger partial charge in [0.15, 0.2) is 0 Å². The van der Waals surface area contributed by atoms with E-state index in [1.165, 1.54) is 20.3 Å². The lowest BCUT2D eigenvalue weighted by molar-refractivity contribution is 0.0682. The van der Waals surface area contributed by atoms with Crippen molar-refractivity contribution in [3.8, 4) is 23.0 Å². The van der Waals surface area contributed by atoms with Crippen LogP contribution >= 0.6 is 0 Å². The Morgan fingerprint density at radius 1 is 0.955 bits per heavy atom. The summed E-state index contributed by atoms with van der Waals surface area (Å²) in [5.74, 6) is 0.841. The maximum Gasteiger partial charge on any atom is 0.339 e. The van der Waals surface area contributed by atoms with E-state index in [9.17, 15) is 4.79 Å². The van der Waals surface area contributed by atoms with Gasteiger partial charge in [-0.25, -0.2) is 4.79 Å². The number of benzene rings is 2. The molecule has 2 rings (SSSR count). The SMILES string of the molecule is COc1cc(OC)cc(OCOc2ccccc2C(=O)O)c1. The molecule has 0 aromatic heterocycles. The zero-order valence-electron chi connectivity index (χ0n) is 12.2. The lowest BCUT2D eigenvalue weighted by Crippen LogP contribution is -2.09. The smallest absolute Gasteiger partial charge is 0.339 e. The Labute approximate surface area is 127 Å². The third kappa shape index (κ3) is 3.82. The van der Waals surface area contributed by atoms with Crippen LogP contribution in [0.25, 0.3) is 0 Å². The first-order valence-electron chi connectivity index (χ1n) is 6.45. The minimum absolute atomic E-state index is 0.0781. The summed E-state index contributed by atoms with van der Waals surface area (Å²) in [5.41, 5.74) is 0.0781. The van der Waals surface area contributed by atoms with E-state index in [2.05, 4.69) is 0 Å². The molecule has 1 N–H and O–H groups in total. The molecular formula is C16H16O6. The number of hydrogen-bond acceptors (Lipinski definition) is 5. The van der Waals surface area contributed by atoms with Crippen LogP contribution in [0, 0.1) is 0 Å². The molecule has 0 atom stereocenters. The van der Waals surface area contributed by atoms with Crippen LogP contribution in [-0.4, -0.2) is 32.1 Å². The van der Waals surface area contributed by atoms with Gasteiger partial charge in [-0.3, -0.25) is 0 Å². The molecule has 0 heterocycles. The van der Waals surface area contributed by atoms with Crippen LogP contribution in [0.2, 0.25) is 0 Å². The molecule has 0 saturated carbocycles. The number of carboxylic acids is 1. The Kier molecular flexibility index (Phi) is 5.08. The van der Waals surface area contributed by atoms with Gasteiger partial charge in [0, 0.05) is 18.2 Å².